The minimum Gasteiger partial charge on any atom is -0.308 e. The van der Waals surface area contributed by atoms with Crippen LogP contribution >= 0.6 is 0 Å². The molecule has 1 aliphatic heterocycles. The number of nitrogens with one attached hydrogen (secondary N) is 1. The molecule has 1 aromatic carbocycles. The molecule has 1 aliphatic rings. The van der Waals surface area contributed by atoms with Crippen LogP contribution in [0.4, 0.5) is 0 Å². The molecule has 0 amide bonds. The molecule has 0 bridgehead atoms. The molecular formula is C15H21NO4S2. The zero-order chi connectivity index (χ0) is 16.4. The standard InChI is InChI=1S/C15H21NO4S2/c1-3-9-16-14-10-21(17,18)11-15(14)22(19,20)13-7-5-12(4-2)6-8-13/h3,5-8,14-16H,1,4,9-11H2,2H3/t14-,15+/m1/s1. The average Bonchev–Trinajstić information content (AvgIpc) is 2.81. The first-order valence-corrected chi connectivity index (χ1v) is 10.5. The van der Waals surface area contributed by atoms with Crippen LogP contribution in [0.5, 0.6) is 0 Å². The molecule has 7 heteroatoms. The highest BCUT2D eigenvalue weighted by molar-refractivity contribution is 7.96. The molecule has 0 aromatic heterocycles. The first-order valence-electron chi connectivity index (χ1n) is 7.17. The lowest BCUT2D eigenvalue weighted by Crippen LogP contribution is -2.43. The van der Waals surface area contributed by atoms with Crippen LogP contribution in [0.25, 0.3) is 0 Å². The van der Waals surface area contributed by atoms with Crippen molar-refractivity contribution in [1.82, 2.24) is 5.32 Å². The van der Waals surface area contributed by atoms with Crippen molar-refractivity contribution >= 4 is 19.7 Å². The van der Waals surface area contributed by atoms with Crippen LogP contribution < -0.4 is 5.32 Å². The monoisotopic (exact) mass is 343 g/mol. The number of hydrogen-bond acceptors (Lipinski definition) is 5. The largest absolute Gasteiger partial charge is 0.308 e. The molecule has 0 spiro atoms. The second-order valence-electron chi connectivity index (χ2n) is 5.46. The normalized spacial score (nSPS) is 24.2. The number of sulfone groups is 2. The van der Waals surface area contributed by atoms with Gasteiger partial charge in [-0.1, -0.05) is 25.1 Å². The molecular weight excluding hydrogens is 322 g/mol. The first kappa shape index (κ1) is 17.2. The lowest BCUT2D eigenvalue weighted by Gasteiger charge is -2.19. The van der Waals surface area contributed by atoms with Gasteiger partial charge in [0.1, 0.15) is 0 Å². The third kappa shape index (κ3) is 3.59. The first-order chi connectivity index (χ1) is 10.3. The molecule has 2 atom stereocenters. The van der Waals surface area contributed by atoms with Gasteiger partial charge in [-0.2, -0.15) is 0 Å². The second-order valence-corrected chi connectivity index (χ2v) is 9.78. The van der Waals surface area contributed by atoms with E-state index in [4.69, 9.17) is 0 Å². The summed E-state index contributed by atoms with van der Waals surface area (Å²) in [6.07, 6.45) is 2.41. The fourth-order valence-corrected chi connectivity index (χ4v) is 7.35. The van der Waals surface area contributed by atoms with Crippen molar-refractivity contribution in [3.63, 3.8) is 0 Å². The van der Waals surface area contributed by atoms with Gasteiger partial charge >= 0.3 is 0 Å². The molecule has 122 valence electrons. The highest BCUT2D eigenvalue weighted by Crippen LogP contribution is 2.26. The van der Waals surface area contributed by atoms with Gasteiger partial charge in [-0.05, 0) is 24.1 Å². The van der Waals surface area contributed by atoms with Gasteiger partial charge in [-0.15, -0.1) is 6.58 Å². The summed E-state index contributed by atoms with van der Waals surface area (Å²) >= 11 is 0. The predicted octanol–water partition coefficient (Wildman–Crippen LogP) is 0.964. The van der Waals surface area contributed by atoms with Crippen LogP contribution in [-0.2, 0) is 26.1 Å². The minimum atomic E-state index is -3.69. The van der Waals surface area contributed by atoms with E-state index in [2.05, 4.69) is 11.9 Å². The Morgan fingerprint density at radius 3 is 2.45 bits per heavy atom. The summed E-state index contributed by atoms with van der Waals surface area (Å²) in [4.78, 5) is 0.178. The fraction of sp³-hybridized carbons (Fsp3) is 0.467. The smallest absolute Gasteiger partial charge is 0.183 e. The van der Waals surface area contributed by atoms with E-state index >= 15 is 0 Å². The summed E-state index contributed by atoms with van der Waals surface area (Å²) in [6.45, 7) is 5.93. The Bertz CT molecular complexity index is 736. The topological polar surface area (TPSA) is 80.3 Å². The summed E-state index contributed by atoms with van der Waals surface area (Å²) < 4.78 is 49.3. The number of benzene rings is 1. The Morgan fingerprint density at radius 2 is 1.91 bits per heavy atom. The summed E-state index contributed by atoms with van der Waals surface area (Å²) in [7, 11) is -7.05. The highest BCUT2D eigenvalue weighted by atomic mass is 32.2. The number of rotatable bonds is 6. The summed E-state index contributed by atoms with van der Waals surface area (Å²) in [5.41, 5.74) is 1.04. The Morgan fingerprint density at radius 1 is 1.27 bits per heavy atom. The molecule has 1 aromatic rings. The van der Waals surface area contributed by atoms with Crippen molar-refractivity contribution in [3.05, 3.63) is 42.5 Å². The molecule has 1 heterocycles. The van der Waals surface area contributed by atoms with E-state index in [0.717, 1.165) is 12.0 Å². The maximum atomic E-state index is 12.8. The van der Waals surface area contributed by atoms with Gasteiger partial charge in [-0.25, -0.2) is 16.8 Å². The van der Waals surface area contributed by atoms with E-state index in [0.29, 0.717) is 6.54 Å². The summed E-state index contributed by atoms with van der Waals surface area (Å²) in [6, 6.07) is 6.05. The van der Waals surface area contributed by atoms with Crippen molar-refractivity contribution in [2.75, 3.05) is 18.1 Å². The summed E-state index contributed by atoms with van der Waals surface area (Å²) in [5, 5.41) is 2.01. The van der Waals surface area contributed by atoms with Crippen LogP contribution in [0.15, 0.2) is 41.8 Å². The van der Waals surface area contributed by atoms with E-state index in [1.165, 1.54) is 0 Å². The fourth-order valence-electron chi connectivity index (χ4n) is 2.64. The van der Waals surface area contributed by atoms with E-state index in [1.54, 1.807) is 30.3 Å². The quantitative estimate of drug-likeness (QED) is 0.778. The lowest BCUT2D eigenvalue weighted by atomic mass is 10.2. The maximum Gasteiger partial charge on any atom is 0.183 e. The Kier molecular flexibility index (Phi) is 5.09. The molecule has 0 unspecified atom stereocenters. The number of aryl methyl sites for hydroxylation is 1. The predicted molar refractivity (Wildman–Crippen MR) is 87.4 cm³/mol. The maximum absolute atomic E-state index is 12.8. The van der Waals surface area contributed by atoms with Crippen LogP contribution in [0.2, 0.25) is 0 Å². The van der Waals surface area contributed by atoms with E-state index in [1.807, 2.05) is 6.92 Å². The van der Waals surface area contributed by atoms with Crippen molar-refractivity contribution in [3.8, 4) is 0 Å². The van der Waals surface area contributed by atoms with Crippen LogP contribution in [0.1, 0.15) is 12.5 Å². The Labute approximate surface area is 132 Å². The minimum absolute atomic E-state index is 0.155. The number of hydrogen-bond donors (Lipinski definition) is 1. The average molecular weight is 343 g/mol. The zero-order valence-electron chi connectivity index (χ0n) is 12.5. The van der Waals surface area contributed by atoms with Gasteiger partial charge in [0.25, 0.3) is 0 Å². The van der Waals surface area contributed by atoms with Gasteiger partial charge in [0.2, 0.25) is 0 Å². The van der Waals surface area contributed by atoms with Crippen molar-refractivity contribution in [2.24, 2.45) is 0 Å². The molecule has 2 rings (SSSR count). The Balaban J connectivity index is 2.34. The zero-order valence-corrected chi connectivity index (χ0v) is 14.2. The second kappa shape index (κ2) is 6.52. The Hall–Kier alpha value is -1.18. The van der Waals surface area contributed by atoms with Gasteiger partial charge < -0.3 is 5.32 Å². The van der Waals surface area contributed by atoms with Crippen LogP contribution in [-0.4, -0.2) is 46.2 Å². The molecule has 1 fully saturated rings. The van der Waals surface area contributed by atoms with Gasteiger partial charge in [-0.3, -0.25) is 0 Å². The van der Waals surface area contributed by atoms with Crippen molar-refractivity contribution in [2.45, 2.75) is 29.5 Å². The highest BCUT2D eigenvalue weighted by Gasteiger charge is 2.45. The molecule has 22 heavy (non-hydrogen) atoms. The van der Waals surface area contributed by atoms with Crippen molar-refractivity contribution < 1.29 is 16.8 Å². The van der Waals surface area contributed by atoms with Gasteiger partial charge in [0.15, 0.2) is 19.7 Å². The van der Waals surface area contributed by atoms with Gasteiger partial charge in [0.05, 0.1) is 21.7 Å². The molecule has 1 N–H and O–H groups in total. The van der Waals surface area contributed by atoms with Crippen LogP contribution in [0.3, 0.4) is 0 Å². The molecule has 0 saturated carbocycles. The van der Waals surface area contributed by atoms with Gasteiger partial charge in [0, 0.05) is 12.6 Å². The SMILES string of the molecule is C=CCN[C@@H]1CS(=O)(=O)C[C@@H]1S(=O)(=O)c1ccc(CC)cc1. The van der Waals surface area contributed by atoms with E-state index < -0.39 is 31.0 Å². The molecule has 5 nitrogen and oxygen atoms in total. The van der Waals surface area contributed by atoms with E-state index in [-0.39, 0.29) is 16.4 Å². The molecule has 1 saturated heterocycles. The third-order valence-electron chi connectivity index (χ3n) is 3.88. The van der Waals surface area contributed by atoms with Crippen LogP contribution in [0, 0.1) is 0 Å². The molecule has 0 aliphatic carbocycles. The third-order valence-corrected chi connectivity index (χ3v) is 8.05. The van der Waals surface area contributed by atoms with Crippen molar-refractivity contribution in [1.29, 1.82) is 0 Å². The van der Waals surface area contributed by atoms with E-state index in [9.17, 15) is 16.8 Å². The lowest BCUT2D eigenvalue weighted by molar-refractivity contribution is 0.544. The summed E-state index contributed by atoms with van der Waals surface area (Å²) in [5.74, 6) is -0.489. The molecule has 0 radical (unpaired) electrons.